The van der Waals surface area contributed by atoms with Gasteiger partial charge in [-0.25, -0.2) is 9.18 Å². The number of hydrogen-bond acceptors (Lipinski definition) is 4. The van der Waals surface area contributed by atoms with Crippen LogP contribution in [0.1, 0.15) is 72.1 Å². The fraction of sp³-hybridized carbons (Fsp3) is 0.290. The van der Waals surface area contributed by atoms with Gasteiger partial charge in [0, 0.05) is 17.7 Å². The van der Waals surface area contributed by atoms with Crippen LogP contribution >= 0.6 is 0 Å². The summed E-state index contributed by atoms with van der Waals surface area (Å²) in [5.74, 6) is -0.965. The van der Waals surface area contributed by atoms with E-state index in [1.807, 2.05) is 0 Å². The number of allylic oxidation sites excluding steroid dienone is 2. The van der Waals surface area contributed by atoms with Crippen molar-refractivity contribution in [3.05, 3.63) is 94.3 Å². The van der Waals surface area contributed by atoms with Gasteiger partial charge in [0.05, 0.1) is 17.7 Å². The number of nitrogens with one attached hydrogen (secondary N) is 1. The first-order valence-electron chi connectivity index (χ1n) is 13.0. The minimum Gasteiger partial charge on any atom is -0.488 e. The van der Waals surface area contributed by atoms with Crippen molar-refractivity contribution in [2.24, 2.45) is 0 Å². The number of rotatable bonds is 9. The minimum atomic E-state index is -4.56. The van der Waals surface area contributed by atoms with Gasteiger partial charge in [-0.05, 0) is 97.0 Å². The fourth-order valence-electron chi connectivity index (χ4n) is 4.62. The first-order valence-corrected chi connectivity index (χ1v) is 13.0. The van der Waals surface area contributed by atoms with Crippen LogP contribution in [0.25, 0.3) is 11.1 Å². The molecular formula is C31H29F4NO4. The van der Waals surface area contributed by atoms with Crippen molar-refractivity contribution in [3.63, 3.8) is 0 Å². The molecule has 210 valence electrons. The van der Waals surface area contributed by atoms with Gasteiger partial charge in [-0.2, -0.15) is 13.2 Å². The Hall–Kier alpha value is -4.14. The Morgan fingerprint density at radius 2 is 1.65 bits per heavy atom. The highest BCUT2D eigenvalue weighted by Crippen LogP contribution is 2.45. The van der Waals surface area contributed by atoms with Gasteiger partial charge in [0.25, 0.3) is 0 Å². The van der Waals surface area contributed by atoms with Crippen LogP contribution in [-0.4, -0.2) is 18.5 Å². The topological polar surface area (TPSA) is 64.6 Å². The third kappa shape index (κ3) is 6.89. The van der Waals surface area contributed by atoms with Crippen molar-refractivity contribution in [1.82, 2.24) is 0 Å². The molecule has 0 fully saturated rings. The zero-order chi connectivity index (χ0) is 28.9. The summed E-state index contributed by atoms with van der Waals surface area (Å²) in [4.78, 5) is 24.7. The number of alkyl halides is 3. The lowest BCUT2D eigenvalue weighted by Gasteiger charge is -2.18. The fourth-order valence-corrected chi connectivity index (χ4v) is 4.62. The molecule has 40 heavy (non-hydrogen) atoms. The van der Waals surface area contributed by atoms with Crippen molar-refractivity contribution in [3.8, 4) is 5.75 Å². The molecule has 0 saturated heterocycles. The maximum absolute atomic E-state index is 13.7. The molecule has 0 bridgehead atoms. The first-order chi connectivity index (χ1) is 19.1. The van der Waals surface area contributed by atoms with E-state index in [9.17, 15) is 27.2 Å². The molecule has 1 N–H and O–H groups in total. The predicted molar refractivity (Wildman–Crippen MR) is 144 cm³/mol. The third-order valence-electron chi connectivity index (χ3n) is 6.55. The molecule has 1 aliphatic rings. The van der Waals surface area contributed by atoms with Crippen LogP contribution in [0.2, 0.25) is 0 Å². The van der Waals surface area contributed by atoms with Crippen molar-refractivity contribution in [2.45, 2.75) is 52.3 Å². The van der Waals surface area contributed by atoms with Crippen LogP contribution in [0, 0.1) is 5.82 Å². The van der Waals surface area contributed by atoms with Gasteiger partial charge in [-0.3, -0.25) is 4.79 Å². The SMILES string of the molecule is CCOC(=O)c1cc(NC(=O)CC)cc(C2=C(c3cc(C(F)(F)F)ccc3OCc3ccc(F)cc3)CCC2)c1. The molecule has 1 aliphatic carbocycles. The standard InChI is InChI=1S/C31H29F4NO4/c1-3-29(37)36-24-15-20(14-21(16-24)30(38)39-4-2)25-6-5-7-26(25)27-17-22(31(33,34)35)10-13-28(27)40-18-19-8-11-23(32)12-9-19/h8-17H,3-7,18H2,1-2H3,(H,36,37). The van der Waals surface area contributed by atoms with Gasteiger partial charge < -0.3 is 14.8 Å². The number of carbonyl (C=O) groups is 2. The van der Waals surface area contributed by atoms with Crippen LogP contribution < -0.4 is 10.1 Å². The molecule has 3 aromatic carbocycles. The Morgan fingerprint density at radius 1 is 0.925 bits per heavy atom. The Kier molecular flexibility index (Phi) is 8.92. The molecule has 0 aromatic heterocycles. The molecule has 0 unspecified atom stereocenters. The summed E-state index contributed by atoms with van der Waals surface area (Å²) >= 11 is 0. The van der Waals surface area contributed by atoms with E-state index in [4.69, 9.17) is 9.47 Å². The quantitative estimate of drug-likeness (QED) is 0.214. The van der Waals surface area contributed by atoms with Crippen LogP contribution in [-0.2, 0) is 22.3 Å². The molecule has 0 spiro atoms. The zero-order valence-corrected chi connectivity index (χ0v) is 22.2. The van der Waals surface area contributed by atoms with E-state index >= 15 is 0 Å². The third-order valence-corrected chi connectivity index (χ3v) is 6.55. The maximum Gasteiger partial charge on any atom is 0.416 e. The number of carbonyl (C=O) groups excluding carboxylic acids is 2. The molecule has 1 amide bonds. The number of benzene rings is 3. The van der Waals surface area contributed by atoms with Crippen molar-refractivity contribution < 1.29 is 36.6 Å². The Balaban J connectivity index is 1.82. The van der Waals surface area contributed by atoms with E-state index in [1.54, 1.807) is 38.1 Å². The highest BCUT2D eigenvalue weighted by atomic mass is 19.4. The molecule has 0 radical (unpaired) electrons. The maximum atomic E-state index is 13.7. The van der Waals surface area contributed by atoms with Gasteiger partial charge in [0.2, 0.25) is 5.91 Å². The minimum absolute atomic E-state index is 0.0345. The molecule has 5 nitrogen and oxygen atoms in total. The smallest absolute Gasteiger partial charge is 0.416 e. The second-order valence-electron chi connectivity index (χ2n) is 9.36. The Bertz CT molecular complexity index is 1430. The van der Waals surface area contributed by atoms with Crippen LogP contribution in [0.15, 0.2) is 60.7 Å². The Labute approximate surface area is 229 Å². The van der Waals surface area contributed by atoms with Crippen LogP contribution in [0.4, 0.5) is 23.2 Å². The van der Waals surface area contributed by atoms with Gasteiger partial charge in [-0.1, -0.05) is 19.1 Å². The highest BCUT2D eigenvalue weighted by molar-refractivity contribution is 5.99. The molecule has 0 saturated carbocycles. The van der Waals surface area contributed by atoms with Gasteiger partial charge in [0.15, 0.2) is 0 Å². The van der Waals surface area contributed by atoms with E-state index < -0.39 is 23.5 Å². The molecule has 0 heterocycles. The lowest BCUT2D eigenvalue weighted by atomic mass is 9.93. The first kappa shape index (κ1) is 28.9. The molecule has 0 aliphatic heterocycles. The predicted octanol–water partition coefficient (Wildman–Crippen LogP) is 8.04. The summed E-state index contributed by atoms with van der Waals surface area (Å²) in [7, 11) is 0. The lowest BCUT2D eigenvalue weighted by Crippen LogP contribution is -2.12. The summed E-state index contributed by atoms with van der Waals surface area (Å²) in [6.45, 7) is 3.57. The average Bonchev–Trinajstić information content (AvgIpc) is 3.42. The second kappa shape index (κ2) is 12.4. The van der Waals surface area contributed by atoms with Crippen molar-refractivity contribution in [2.75, 3.05) is 11.9 Å². The summed E-state index contributed by atoms with van der Waals surface area (Å²) in [5.41, 5.74) is 2.77. The molecule has 0 atom stereocenters. The summed E-state index contributed by atoms with van der Waals surface area (Å²) in [6.07, 6.45) is -2.62. The highest BCUT2D eigenvalue weighted by Gasteiger charge is 2.32. The lowest BCUT2D eigenvalue weighted by molar-refractivity contribution is -0.137. The largest absolute Gasteiger partial charge is 0.488 e. The second-order valence-corrected chi connectivity index (χ2v) is 9.36. The number of amides is 1. The summed E-state index contributed by atoms with van der Waals surface area (Å²) in [6, 6.07) is 13.9. The van der Waals surface area contributed by atoms with Crippen molar-refractivity contribution >= 4 is 28.7 Å². The number of anilines is 1. The van der Waals surface area contributed by atoms with E-state index in [-0.39, 0.29) is 36.9 Å². The van der Waals surface area contributed by atoms with Gasteiger partial charge in [-0.15, -0.1) is 0 Å². The van der Waals surface area contributed by atoms with Crippen LogP contribution in [0.5, 0.6) is 5.75 Å². The molecule has 3 aromatic rings. The van der Waals surface area contributed by atoms with Gasteiger partial charge >= 0.3 is 12.1 Å². The summed E-state index contributed by atoms with van der Waals surface area (Å²) < 4.78 is 65.6. The number of esters is 1. The average molecular weight is 556 g/mol. The number of halogens is 4. The molecule has 4 rings (SSSR count). The van der Waals surface area contributed by atoms with Crippen molar-refractivity contribution in [1.29, 1.82) is 0 Å². The van der Waals surface area contributed by atoms with E-state index in [2.05, 4.69) is 5.32 Å². The molecule has 9 heteroatoms. The number of ether oxygens (including phenoxy) is 2. The zero-order valence-electron chi connectivity index (χ0n) is 22.2. The van der Waals surface area contributed by atoms with Crippen LogP contribution in [0.3, 0.4) is 0 Å². The Morgan fingerprint density at radius 3 is 2.33 bits per heavy atom. The molecular weight excluding hydrogens is 526 g/mol. The monoisotopic (exact) mass is 555 g/mol. The number of hydrogen-bond donors (Lipinski definition) is 1. The summed E-state index contributed by atoms with van der Waals surface area (Å²) in [5, 5.41) is 2.76. The van der Waals surface area contributed by atoms with E-state index in [1.165, 1.54) is 24.3 Å². The normalized spacial score (nSPS) is 13.3. The van der Waals surface area contributed by atoms with E-state index in [0.717, 1.165) is 17.7 Å². The van der Waals surface area contributed by atoms with E-state index in [0.29, 0.717) is 47.2 Å². The van der Waals surface area contributed by atoms with Gasteiger partial charge in [0.1, 0.15) is 18.2 Å².